The van der Waals surface area contributed by atoms with Crippen LogP contribution in [-0.4, -0.2) is 20.1 Å². The predicted octanol–water partition coefficient (Wildman–Crippen LogP) is 2.25. The largest absolute Gasteiger partial charge is 0.468 e. The van der Waals surface area contributed by atoms with Crippen LogP contribution in [0.4, 0.5) is 0 Å². The van der Waals surface area contributed by atoms with Crippen molar-refractivity contribution in [1.82, 2.24) is 4.72 Å². The van der Waals surface area contributed by atoms with Crippen LogP contribution in [0.25, 0.3) is 0 Å². The van der Waals surface area contributed by atoms with Crippen molar-refractivity contribution in [1.29, 1.82) is 0 Å². The van der Waals surface area contributed by atoms with Crippen LogP contribution in [0.3, 0.4) is 0 Å². The Kier molecular flexibility index (Phi) is 4.49. The number of hydrogen-bond acceptors (Lipinski definition) is 4. The minimum Gasteiger partial charge on any atom is -0.468 e. The molecule has 1 unspecified atom stereocenters. The number of rotatable bonds is 5. The highest BCUT2D eigenvalue weighted by molar-refractivity contribution is 7.89. The third-order valence-corrected chi connectivity index (χ3v) is 4.70. The maximum absolute atomic E-state index is 12.3. The predicted molar refractivity (Wildman–Crippen MR) is 75.0 cm³/mol. The first-order valence-corrected chi connectivity index (χ1v) is 7.73. The summed E-state index contributed by atoms with van der Waals surface area (Å²) < 4.78 is 32.0. The van der Waals surface area contributed by atoms with Crippen LogP contribution in [0.15, 0.2) is 45.9 Å². The second-order valence-electron chi connectivity index (χ2n) is 4.31. The molecule has 5 nitrogen and oxygen atoms in total. The van der Waals surface area contributed by atoms with Gasteiger partial charge in [-0.2, -0.15) is 4.72 Å². The Hall–Kier alpha value is -1.34. The van der Waals surface area contributed by atoms with Crippen molar-refractivity contribution in [2.45, 2.75) is 17.9 Å². The van der Waals surface area contributed by atoms with Gasteiger partial charge in [-0.05, 0) is 36.8 Å². The van der Waals surface area contributed by atoms with Gasteiger partial charge in [0.1, 0.15) is 16.7 Å². The SMILES string of the molecule is Cc1ccc(S(=O)(=O)NC(CO)c2ccco2)c(Cl)c1. The molecule has 0 saturated carbocycles. The van der Waals surface area contributed by atoms with Crippen molar-refractivity contribution in [3.8, 4) is 0 Å². The van der Waals surface area contributed by atoms with Crippen molar-refractivity contribution >= 4 is 21.6 Å². The van der Waals surface area contributed by atoms with Gasteiger partial charge in [-0.15, -0.1) is 0 Å². The van der Waals surface area contributed by atoms with Crippen molar-refractivity contribution in [2.75, 3.05) is 6.61 Å². The van der Waals surface area contributed by atoms with E-state index >= 15 is 0 Å². The van der Waals surface area contributed by atoms with Gasteiger partial charge in [0, 0.05) is 0 Å². The number of sulfonamides is 1. The fourth-order valence-electron chi connectivity index (χ4n) is 1.75. The van der Waals surface area contributed by atoms with E-state index in [-0.39, 0.29) is 9.92 Å². The second-order valence-corrected chi connectivity index (χ2v) is 6.40. The molecule has 20 heavy (non-hydrogen) atoms. The number of aliphatic hydroxyl groups excluding tert-OH is 1. The van der Waals surface area contributed by atoms with Gasteiger partial charge in [-0.1, -0.05) is 17.7 Å². The first-order chi connectivity index (χ1) is 9.44. The summed E-state index contributed by atoms with van der Waals surface area (Å²) in [4.78, 5) is -0.0326. The first-order valence-electron chi connectivity index (χ1n) is 5.87. The summed E-state index contributed by atoms with van der Waals surface area (Å²) in [6.45, 7) is 1.39. The lowest BCUT2D eigenvalue weighted by molar-refractivity contribution is 0.242. The Morgan fingerprint density at radius 1 is 1.40 bits per heavy atom. The van der Waals surface area contributed by atoms with Gasteiger partial charge in [0.05, 0.1) is 17.9 Å². The molecule has 0 saturated heterocycles. The molecule has 0 aliphatic rings. The third-order valence-electron chi connectivity index (χ3n) is 2.74. The molecule has 1 aromatic heterocycles. The molecule has 2 rings (SSSR count). The van der Waals surface area contributed by atoms with E-state index in [0.717, 1.165) is 5.56 Å². The Morgan fingerprint density at radius 2 is 2.15 bits per heavy atom. The van der Waals surface area contributed by atoms with Gasteiger partial charge in [0.25, 0.3) is 0 Å². The van der Waals surface area contributed by atoms with Gasteiger partial charge in [0.15, 0.2) is 0 Å². The maximum Gasteiger partial charge on any atom is 0.242 e. The number of benzene rings is 1. The van der Waals surface area contributed by atoms with E-state index in [2.05, 4.69) is 4.72 Å². The molecule has 0 fully saturated rings. The summed E-state index contributed by atoms with van der Waals surface area (Å²) >= 11 is 5.96. The fourth-order valence-corrected chi connectivity index (χ4v) is 3.54. The van der Waals surface area contributed by atoms with Crippen LogP contribution in [0.2, 0.25) is 5.02 Å². The molecule has 0 bridgehead atoms. The molecule has 0 aliphatic heterocycles. The molecule has 1 aromatic carbocycles. The van der Waals surface area contributed by atoms with E-state index in [0.29, 0.717) is 5.76 Å². The van der Waals surface area contributed by atoms with E-state index in [4.69, 9.17) is 16.0 Å². The van der Waals surface area contributed by atoms with Crippen molar-refractivity contribution < 1.29 is 17.9 Å². The second kappa shape index (κ2) is 5.97. The summed E-state index contributed by atoms with van der Waals surface area (Å²) in [6, 6.07) is 6.99. The number of nitrogens with one attached hydrogen (secondary N) is 1. The zero-order valence-corrected chi connectivity index (χ0v) is 12.3. The monoisotopic (exact) mass is 315 g/mol. The van der Waals surface area contributed by atoms with Gasteiger partial charge in [0.2, 0.25) is 10.0 Å². The third kappa shape index (κ3) is 3.21. The minimum atomic E-state index is -3.85. The van der Waals surface area contributed by atoms with Gasteiger partial charge in [-0.3, -0.25) is 0 Å². The molecule has 2 N–H and O–H groups in total. The smallest absolute Gasteiger partial charge is 0.242 e. The number of halogens is 1. The first kappa shape index (κ1) is 15.1. The van der Waals surface area contributed by atoms with Crippen molar-refractivity contribution in [2.24, 2.45) is 0 Å². The minimum absolute atomic E-state index is 0.0326. The Labute approximate surface area is 122 Å². The number of aryl methyl sites for hydroxylation is 1. The molecule has 0 radical (unpaired) electrons. The molecule has 0 amide bonds. The molecular formula is C13H14ClNO4S. The summed E-state index contributed by atoms with van der Waals surface area (Å²) in [6.07, 6.45) is 1.41. The lowest BCUT2D eigenvalue weighted by atomic mass is 10.2. The van der Waals surface area contributed by atoms with Crippen molar-refractivity contribution in [3.63, 3.8) is 0 Å². The number of hydrogen-bond donors (Lipinski definition) is 2. The van der Waals surface area contributed by atoms with Gasteiger partial charge >= 0.3 is 0 Å². The Balaban J connectivity index is 2.31. The fraction of sp³-hybridized carbons (Fsp3) is 0.231. The van der Waals surface area contributed by atoms with E-state index in [1.54, 1.807) is 24.3 Å². The Morgan fingerprint density at radius 3 is 2.70 bits per heavy atom. The van der Waals surface area contributed by atoms with Crippen LogP contribution in [0.1, 0.15) is 17.4 Å². The van der Waals surface area contributed by atoms with Gasteiger partial charge < -0.3 is 9.52 Å². The van der Waals surface area contributed by atoms with Crippen molar-refractivity contribution in [3.05, 3.63) is 52.9 Å². The van der Waals surface area contributed by atoms with Gasteiger partial charge in [-0.25, -0.2) is 8.42 Å². The topological polar surface area (TPSA) is 79.5 Å². The lowest BCUT2D eigenvalue weighted by Crippen LogP contribution is -2.30. The molecule has 1 heterocycles. The summed E-state index contributed by atoms with van der Waals surface area (Å²) in [5.74, 6) is 0.333. The number of furan rings is 1. The summed E-state index contributed by atoms with van der Waals surface area (Å²) in [5.41, 5.74) is 0.860. The molecule has 1 atom stereocenters. The zero-order chi connectivity index (χ0) is 14.8. The summed E-state index contributed by atoms with van der Waals surface area (Å²) in [7, 11) is -3.85. The normalized spacial score (nSPS) is 13.3. The van der Waals surface area contributed by atoms with E-state index < -0.39 is 22.7 Å². The average Bonchev–Trinajstić information content (AvgIpc) is 2.89. The van der Waals surface area contributed by atoms with E-state index in [1.807, 2.05) is 6.92 Å². The highest BCUT2D eigenvalue weighted by atomic mass is 35.5. The quantitative estimate of drug-likeness (QED) is 0.887. The highest BCUT2D eigenvalue weighted by Gasteiger charge is 2.24. The molecule has 0 spiro atoms. The van der Waals surface area contributed by atoms with Crippen LogP contribution >= 0.6 is 11.6 Å². The lowest BCUT2D eigenvalue weighted by Gasteiger charge is -2.15. The summed E-state index contributed by atoms with van der Waals surface area (Å²) in [5, 5.41) is 9.43. The molecule has 2 aromatic rings. The van der Waals surface area contributed by atoms with Crippen LogP contribution in [-0.2, 0) is 10.0 Å². The molecule has 0 aliphatic carbocycles. The standard InChI is InChI=1S/C13H14ClNO4S/c1-9-4-5-13(10(14)7-9)20(17,18)15-11(8-16)12-3-2-6-19-12/h2-7,11,15-16H,8H2,1H3. The van der Waals surface area contributed by atoms with Crippen LogP contribution in [0.5, 0.6) is 0 Å². The zero-order valence-electron chi connectivity index (χ0n) is 10.7. The number of aliphatic hydroxyl groups is 1. The molecule has 108 valence electrons. The van der Waals surface area contributed by atoms with E-state index in [9.17, 15) is 13.5 Å². The average molecular weight is 316 g/mol. The van der Waals surface area contributed by atoms with Crippen LogP contribution in [0, 0.1) is 6.92 Å². The Bertz CT molecular complexity index is 682. The highest BCUT2D eigenvalue weighted by Crippen LogP contribution is 2.24. The molecule has 7 heteroatoms. The van der Waals surface area contributed by atoms with Crippen LogP contribution < -0.4 is 4.72 Å². The molecular weight excluding hydrogens is 302 g/mol. The van der Waals surface area contributed by atoms with E-state index in [1.165, 1.54) is 12.3 Å². The maximum atomic E-state index is 12.3.